The van der Waals surface area contributed by atoms with E-state index in [9.17, 15) is 4.79 Å². The van der Waals surface area contributed by atoms with Gasteiger partial charge in [-0.25, -0.2) is 4.79 Å². The van der Waals surface area contributed by atoms with Gasteiger partial charge in [-0.05, 0) is 36.6 Å². The third-order valence-corrected chi connectivity index (χ3v) is 2.36. The fourth-order valence-electron chi connectivity index (χ4n) is 1.64. The van der Waals surface area contributed by atoms with Crippen LogP contribution in [0.1, 0.15) is 28.4 Å². The highest BCUT2D eigenvalue weighted by Crippen LogP contribution is 2.25. The van der Waals surface area contributed by atoms with Crippen molar-refractivity contribution in [3.8, 4) is 5.75 Å². The van der Waals surface area contributed by atoms with E-state index in [2.05, 4.69) is 4.74 Å². The fourth-order valence-corrected chi connectivity index (χ4v) is 1.64. The van der Waals surface area contributed by atoms with E-state index < -0.39 is 0 Å². The molecule has 0 bridgehead atoms. The Kier molecular flexibility index (Phi) is 3.72. The molecule has 0 saturated heterocycles. The normalized spacial score (nSPS) is 9.87. The second-order valence-electron chi connectivity index (χ2n) is 3.33. The minimum absolute atomic E-state index is 0.310. The minimum Gasteiger partial charge on any atom is -0.496 e. The zero-order valence-electron chi connectivity index (χ0n) is 9.59. The summed E-state index contributed by atoms with van der Waals surface area (Å²) in [6.45, 7) is 3.95. The van der Waals surface area contributed by atoms with Crippen molar-refractivity contribution < 1.29 is 14.3 Å². The largest absolute Gasteiger partial charge is 0.496 e. The molecule has 0 fully saturated rings. The number of carbonyl (C=O) groups is 1. The number of hydrogen-bond donors (Lipinski definition) is 0. The molecular formula is C12H16O3. The van der Waals surface area contributed by atoms with Crippen molar-refractivity contribution in [1.29, 1.82) is 0 Å². The van der Waals surface area contributed by atoms with E-state index in [1.165, 1.54) is 7.11 Å². The molecule has 0 radical (unpaired) electrons. The first-order valence-electron chi connectivity index (χ1n) is 4.89. The van der Waals surface area contributed by atoms with Crippen LogP contribution in [0.15, 0.2) is 12.1 Å². The molecule has 0 aromatic heterocycles. The molecular weight excluding hydrogens is 192 g/mol. The van der Waals surface area contributed by atoms with Gasteiger partial charge in [0.15, 0.2) is 0 Å². The molecule has 0 atom stereocenters. The topological polar surface area (TPSA) is 35.5 Å². The van der Waals surface area contributed by atoms with Gasteiger partial charge in [0.2, 0.25) is 0 Å². The Morgan fingerprint density at radius 2 is 2.00 bits per heavy atom. The summed E-state index contributed by atoms with van der Waals surface area (Å²) in [5, 5.41) is 0. The Hall–Kier alpha value is -1.51. The third kappa shape index (κ3) is 2.29. The molecule has 82 valence electrons. The van der Waals surface area contributed by atoms with Gasteiger partial charge in [-0.1, -0.05) is 6.92 Å². The summed E-state index contributed by atoms with van der Waals surface area (Å²) in [4.78, 5) is 11.4. The monoisotopic (exact) mass is 208 g/mol. The van der Waals surface area contributed by atoms with Crippen molar-refractivity contribution in [3.05, 3.63) is 28.8 Å². The average Bonchev–Trinajstić information content (AvgIpc) is 2.26. The van der Waals surface area contributed by atoms with E-state index in [1.807, 2.05) is 19.9 Å². The van der Waals surface area contributed by atoms with Crippen LogP contribution in [-0.2, 0) is 11.2 Å². The van der Waals surface area contributed by atoms with Crippen LogP contribution < -0.4 is 4.74 Å². The predicted molar refractivity (Wildman–Crippen MR) is 58.4 cm³/mol. The van der Waals surface area contributed by atoms with E-state index in [-0.39, 0.29) is 5.97 Å². The lowest BCUT2D eigenvalue weighted by Gasteiger charge is -2.11. The van der Waals surface area contributed by atoms with Crippen LogP contribution in [0.25, 0.3) is 0 Å². The van der Waals surface area contributed by atoms with Crippen molar-refractivity contribution in [2.24, 2.45) is 0 Å². The first-order valence-corrected chi connectivity index (χ1v) is 4.89. The summed E-state index contributed by atoms with van der Waals surface area (Å²) in [5.74, 6) is 0.542. The summed E-state index contributed by atoms with van der Waals surface area (Å²) in [6.07, 6.45) is 0.828. The lowest BCUT2D eigenvalue weighted by molar-refractivity contribution is 0.0600. The SMILES string of the molecule is CCc1cc(C(=O)OC)cc(C)c1OC. The Labute approximate surface area is 90.0 Å². The molecule has 1 aromatic carbocycles. The average molecular weight is 208 g/mol. The van der Waals surface area contributed by atoms with E-state index in [4.69, 9.17) is 4.74 Å². The fraction of sp³-hybridized carbons (Fsp3) is 0.417. The van der Waals surface area contributed by atoms with E-state index in [1.54, 1.807) is 13.2 Å². The highest BCUT2D eigenvalue weighted by atomic mass is 16.5. The van der Waals surface area contributed by atoms with Crippen LogP contribution in [0.4, 0.5) is 0 Å². The summed E-state index contributed by atoms with van der Waals surface area (Å²) < 4.78 is 9.97. The highest BCUT2D eigenvalue weighted by molar-refractivity contribution is 5.90. The van der Waals surface area contributed by atoms with Gasteiger partial charge < -0.3 is 9.47 Å². The van der Waals surface area contributed by atoms with E-state index >= 15 is 0 Å². The number of esters is 1. The van der Waals surface area contributed by atoms with Gasteiger partial charge >= 0.3 is 5.97 Å². The molecule has 0 heterocycles. The lowest BCUT2D eigenvalue weighted by Crippen LogP contribution is -2.04. The molecule has 1 aromatic rings. The Morgan fingerprint density at radius 1 is 1.33 bits per heavy atom. The third-order valence-electron chi connectivity index (χ3n) is 2.36. The molecule has 0 aliphatic rings. The summed E-state index contributed by atoms with van der Waals surface area (Å²) in [6, 6.07) is 3.60. The van der Waals surface area contributed by atoms with Crippen molar-refractivity contribution in [2.75, 3.05) is 14.2 Å². The molecule has 0 N–H and O–H groups in total. The summed E-state index contributed by atoms with van der Waals surface area (Å²) in [5.41, 5.74) is 2.56. The summed E-state index contributed by atoms with van der Waals surface area (Å²) in [7, 11) is 3.02. The number of methoxy groups -OCH3 is 2. The number of ether oxygens (including phenoxy) is 2. The van der Waals surface area contributed by atoms with Crippen LogP contribution in [0, 0.1) is 6.92 Å². The van der Waals surface area contributed by atoms with Crippen LogP contribution in [0.5, 0.6) is 5.75 Å². The molecule has 0 saturated carbocycles. The maximum absolute atomic E-state index is 11.4. The van der Waals surface area contributed by atoms with Crippen molar-refractivity contribution >= 4 is 5.97 Å². The van der Waals surface area contributed by atoms with Gasteiger partial charge in [0.25, 0.3) is 0 Å². The Morgan fingerprint density at radius 3 is 2.47 bits per heavy atom. The maximum Gasteiger partial charge on any atom is 0.337 e. The summed E-state index contributed by atoms with van der Waals surface area (Å²) >= 11 is 0. The molecule has 0 aliphatic heterocycles. The zero-order chi connectivity index (χ0) is 11.4. The van der Waals surface area contributed by atoms with E-state index in [0.29, 0.717) is 5.56 Å². The van der Waals surface area contributed by atoms with Gasteiger partial charge in [0.05, 0.1) is 19.8 Å². The molecule has 15 heavy (non-hydrogen) atoms. The van der Waals surface area contributed by atoms with Gasteiger partial charge in [-0.15, -0.1) is 0 Å². The molecule has 3 nitrogen and oxygen atoms in total. The lowest BCUT2D eigenvalue weighted by atomic mass is 10.0. The Bertz CT molecular complexity index is 369. The standard InChI is InChI=1S/C12H16O3/c1-5-9-7-10(12(13)15-4)6-8(2)11(9)14-3/h6-7H,5H2,1-4H3. The number of carbonyl (C=O) groups excluding carboxylic acids is 1. The predicted octanol–water partition coefficient (Wildman–Crippen LogP) is 2.35. The van der Waals surface area contributed by atoms with Gasteiger partial charge in [0, 0.05) is 0 Å². The molecule has 0 unspecified atom stereocenters. The quantitative estimate of drug-likeness (QED) is 0.715. The van der Waals surface area contributed by atoms with Crippen LogP contribution in [0.2, 0.25) is 0 Å². The van der Waals surface area contributed by atoms with Crippen LogP contribution in [0.3, 0.4) is 0 Å². The molecule has 1 rings (SSSR count). The first kappa shape index (κ1) is 11.6. The minimum atomic E-state index is -0.310. The van der Waals surface area contributed by atoms with Gasteiger partial charge in [0.1, 0.15) is 5.75 Å². The number of aryl methyl sites for hydroxylation is 2. The second kappa shape index (κ2) is 4.82. The van der Waals surface area contributed by atoms with Crippen LogP contribution in [-0.4, -0.2) is 20.2 Å². The van der Waals surface area contributed by atoms with Crippen LogP contribution >= 0.6 is 0 Å². The molecule has 0 amide bonds. The Balaban J connectivity index is 3.25. The highest BCUT2D eigenvalue weighted by Gasteiger charge is 2.12. The van der Waals surface area contributed by atoms with E-state index in [0.717, 1.165) is 23.3 Å². The second-order valence-corrected chi connectivity index (χ2v) is 3.33. The van der Waals surface area contributed by atoms with Gasteiger partial charge in [-0.2, -0.15) is 0 Å². The molecule has 0 spiro atoms. The van der Waals surface area contributed by atoms with Crippen molar-refractivity contribution in [3.63, 3.8) is 0 Å². The maximum atomic E-state index is 11.4. The van der Waals surface area contributed by atoms with Crippen molar-refractivity contribution in [1.82, 2.24) is 0 Å². The zero-order valence-corrected chi connectivity index (χ0v) is 9.59. The number of rotatable bonds is 3. The van der Waals surface area contributed by atoms with Crippen molar-refractivity contribution in [2.45, 2.75) is 20.3 Å². The molecule has 3 heteroatoms. The smallest absolute Gasteiger partial charge is 0.337 e. The number of hydrogen-bond acceptors (Lipinski definition) is 3. The number of benzene rings is 1. The van der Waals surface area contributed by atoms with Gasteiger partial charge in [-0.3, -0.25) is 0 Å². The first-order chi connectivity index (χ1) is 7.13. The molecule has 0 aliphatic carbocycles.